The first-order valence-corrected chi connectivity index (χ1v) is 21.2. The summed E-state index contributed by atoms with van der Waals surface area (Å²) in [6.07, 6.45) is 30.7. The molecule has 14 unspecified atom stereocenters. The second kappa shape index (κ2) is 11.1. The highest BCUT2D eigenvalue weighted by atomic mass is 15.4. The zero-order chi connectivity index (χ0) is 30.0. The van der Waals surface area contributed by atoms with Crippen LogP contribution in [-0.2, 0) is 0 Å². The Morgan fingerprint density at radius 2 is 0.935 bits per heavy atom. The quantitative estimate of drug-likeness (QED) is 0.362. The molecule has 0 amide bonds. The van der Waals surface area contributed by atoms with Crippen LogP contribution in [0.5, 0.6) is 0 Å². The molecule has 0 aromatic heterocycles. The monoisotopic (exact) mass is 631 g/mol. The lowest BCUT2D eigenvalue weighted by atomic mass is 9.50. The number of hydrogen-bond donors (Lipinski definition) is 2. The summed E-state index contributed by atoms with van der Waals surface area (Å²) < 4.78 is 0. The average molecular weight is 631 g/mol. The van der Waals surface area contributed by atoms with Gasteiger partial charge in [0.2, 0.25) is 0 Å². The van der Waals surface area contributed by atoms with E-state index >= 15 is 0 Å². The predicted octanol–water partition coefficient (Wildman–Crippen LogP) is 5.63. The van der Waals surface area contributed by atoms with Gasteiger partial charge in [-0.15, -0.1) is 0 Å². The van der Waals surface area contributed by atoms with Gasteiger partial charge in [-0.25, -0.2) is 0 Å². The summed E-state index contributed by atoms with van der Waals surface area (Å²) in [6.45, 7) is 8.30. The summed E-state index contributed by atoms with van der Waals surface area (Å²) in [6, 6.07) is 4.77. The zero-order valence-electron chi connectivity index (χ0n) is 29.1. The molecule has 11 rings (SSSR count). The molecule has 9 heterocycles. The molecule has 2 N–H and O–H groups in total. The summed E-state index contributed by atoms with van der Waals surface area (Å²) in [5, 5.41) is 9.44. The maximum absolute atomic E-state index is 4.72. The minimum absolute atomic E-state index is 0.435. The Balaban J connectivity index is 1.04. The van der Waals surface area contributed by atoms with Crippen molar-refractivity contribution in [2.24, 2.45) is 34.5 Å². The minimum Gasteiger partial charge on any atom is -0.299 e. The number of piperidine rings is 8. The molecule has 256 valence electrons. The van der Waals surface area contributed by atoms with Crippen LogP contribution in [0.4, 0.5) is 0 Å². The molecule has 9 aliphatic heterocycles. The standard InChI is InChI=1S/C40H66N6/c1-3-17-43-25-39-23-29(31(43)11-1)21-27-9-7-19-45(37(27)39)36-16-6-14-34(42-36)40-24-30(32-12-2-4-18-44(32)26-40)22-28-10-8-20-46(38(28)40)35-15-5-13-33(39)41-35/h27-38,41-42H,1-26H2. The Labute approximate surface area is 280 Å². The molecule has 2 aliphatic carbocycles. The van der Waals surface area contributed by atoms with Gasteiger partial charge in [-0.05, 0) is 165 Å². The fourth-order valence-corrected chi connectivity index (χ4v) is 16.5. The van der Waals surface area contributed by atoms with Gasteiger partial charge in [-0.2, -0.15) is 0 Å². The van der Waals surface area contributed by atoms with Crippen molar-refractivity contribution in [2.45, 2.75) is 177 Å². The van der Waals surface area contributed by atoms with Gasteiger partial charge < -0.3 is 0 Å². The van der Waals surface area contributed by atoms with E-state index < -0.39 is 0 Å². The second-order valence-electron chi connectivity index (χ2n) is 19.4. The highest BCUT2D eigenvalue weighted by molar-refractivity contribution is 5.19. The third-order valence-corrected chi connectivity index (χ3v) is 17.6. The smallest absolute Gasteiger partial charge is 0.0602 e. The van der Waals surface area contributed by atoms with Crippen molar-refractivity contribution in [3.63, 3.8) is 0 Å². The van der Waals surface area contributed by atoms with E-state index in [9.17, 15) is 0 Å². The topological polar surface area (TPSA) is 37.0 Å². The first-order chi connectivity index (χ1) is 22.7. The van der Waals surface area contributed by atoms with Crippen molar-refractivity contribution in [1.29, 1.82) is 0 Å². The molecule has 0 radical (unpaired) electrons. The molecular formula is C40H66N6. The van der Waals surface area contributed by atoms with E-state index in [1.807, 2.05) is 0 Å². The largest absolute Gasteiger partial charge is 0.299 e. The fraction of sp³-hybridized carbons (Fsp3) is 1.00. The maximum atomic E-state index is 4.72. The van der Waals surface area contributed by atoms with Crippen LogP contribution in [0.2, 0.25) is 0 Å². The molecule has 14 atom stereocenters. The number of nitrogens with one attached hydrogen (secondary N) is 2. The molecule has 46 heavy (non-hydrogen) atoms. The molecule has 2 spiro atoms. The van der Waals surface area contributed by atoms with Crippen LogP contribution in [0.1, 0.15) is 128 Å². The molecular weight excluding hydrogens is 564 g/mol. The second-order valence-corrected chi connectivity index (χ2v) is 19.4. The van der Waals surface area contributed by atoms with Crippen LogP contribution in [-0.4, -0.2) is 107 Å². The average Bonchev–Trinajstić information content (AvgIpc) is 3.11. The maximum Gasteiger partial charge on any atom is 0.0602 e. The van der Waals surface area contributed by atoms with Crippen LogP contribution >= 0.6 is 0 Å². The molecule has 0 aromatic rings. The Hall–Kier alpha value is -0.240. The third kappa shape index (κ3) is 4.22. The third-order valence-electron chi connectivity index (χ3n) is 17.6. The van der Waals surface area contributed by atoms with Crippen LogP contribution in [0.3, 0.4) is 0 Å². The lowest BCUT2D eigenvalue weighted by Gasteiger charge is -2.70. The fourth-order valence-electron chi connectivity index (χ4n) is 16.5. The summed E-state index contributed by atoms with van der Waals surface area (Å²) in [5.41, 5.74) is 0.870. The molecule has 0 aromatic carbocycles. The van der Waals surface area contributed by atoms with Crippen LogP contribution in [0.15, 0.2) is 0 Å². The van der Waals surface area contributed by atoms with E-state index in [2.05, 4.69) is 19.6 Å². The highest BCUT2D eigenvalue weighted by Gasteiger charge is 2.65. The lowest BCUT2D eigenvalue weighted by Crippen LogP contribution is -2.80. The summed E-state index contributed by atoms with van der Waals surface area (Å²) in [4.78, 5) is 12.7. The Bertz CT molecular complexity index is 1070. The van der Waals surface area contributed by atoms with Crippen molar-refractivity contribution < 1.29 is 0 Å². The van der Waals surface area contributed by atoms with E-state index in [-0.39, 0.29) is 0 Å². The SMILES string of the molecule is C1CCN2CC34CC(CC5CCCN(C6CCCC(N6)C67CC(CC8CCCN(C9CCCC3N9)C86)C3CCCCN3C7)C54)C2C1. The molecule has 11 aliphatic rings. The molecule has 8 bridgehead atoms. The van der Waals surface area contributed by atoms with Crippen LogP contribution < -0.4 is 10.6 Å². The zero-order valence-corrected chi connectivity index (χ0v) is 29.1. The first kappa shape index (κ1) is 29.5. The molecule has 6 heteroatoms. The number of nitrogens with zero attached hydrogens (tertiary/aromatic N) is 4. The van der Waals surface area contributed by atoms with Crippen LogP contribution in [0.25, 0.3) is 0 Å². The van der Waals surface area contributed by atoms with Gasteiger partial charge in [0.25, 0.3) is 0 Å². The summed E-state index contributed by atoms with van der Waals surface area (Å²) >= 11 is 0. The number of fused-ring (bicyclic) bond motifs is 12. The van der Waals surface area contributed by atoms with Gasteiger partial charge in [0.15, 0.2) is 0 Å². The van der Waals surface area contributed by atoms with Gasteiger partial charge in [-0.1, -0.05) is 12.8 Å². The van der Waals surface area contributed by atoms with Gasteiger partial charge in [0.1, 0.15) is 0 Å². The van der Waals surface area contributed by atoms with E-state index in [1.165, 1.54) is 168 Å². The van der Waals surface area contributed by atoms with Gasteiger partial charge >= 0.3 is 0 Å². The summed E-state index contributed by atoms with van der Waals surface area (Å²) in [5.74, 6) is 3.76. The Kier molecular flexibility index (Phi) is 7.13. The van der Waals surface area contributed by atoms with Gasteiger partial charge in [-0.3, -0.25) is 30.2 Å². The van der Waals surface area contributed by atoms with Crippen LogP contribution in [0, 0.1) is 34.5 Å². The van der Waals surface area contributed by atoms with E-state index in [1.54, 1.807) is 0 Å². The first-order valence-electron chi connectivity index (χ1n) is 21.2. The molecule has 2 saturated carbocycles. The van der Waals surface area contributed by atoms with Crippen molar-refractivity contribution in [2.75, 3.05) is 39.3 Å². The molecule has 6 nitrogen and oxygen atoms in total. The minimum atomic E-state index is 0.435. The van der Waals surface area contributed by atoms with E-state index in [0.29, 0.717) is 35.2 Å². The molecule has 11 fully saturated rings. The van der Waals surface area contributed by atoms with Gasteiger partial charge in [0, 0.05) is 60.2 Å². The number of rotatable bonds is 0. The van der Waals surface area contributed by atoms with Crippen molar-refractivity contribution in [3.05, 3.63) is 0 Å². The highest BCUT2D eigenvalue weighted by Crippen LogP contribution is 2.61. The normalized spacial score (nSPS) is 55.8. The molecule has 9 saturated heterocycles. The van der Waals surface area contributed by atoms with E-state index in [4.69, 9.17) is 10.6 Å². The van der Waals surface area contributed by atoms with Crippen molar-refractivity contribution in [1.82, 2.24) is 30.2 Å². The Morgan fingerprint density at radius 3 is 1.43 bits per heavy atom. The van der Waals surface area contributed by atoms with Gasteiger partial charge in [0.05, 0.1) is 12.3 Å². The van der Waals surface area contributed by atoms with Crippen molar-refractivity contribution >= 4 is 0 Å². The number of hydrogen-bond acceptors (Lipinski definition) is 6. The van der Waals surface area contributed by atoms with E-state index in [0.717, 1.165) is 47.8 Å². The predicted molar refractivity (Wildman–Crippen MR) is 184 cm³/mol. The summed E-state index contributed by atoms with van der Waals surface area (Å²) in [7, 11) is 0. The van der Waals surface area contributed by atoms with Crippen molar-refractivity contribution in [3.8, 4) is 0 Å². The Morgan fingerprint density at radius 1 is 0.435 bits per heavy atom. The lowest BCUT2D eigenvalue weighted by molar-refractivity contribution is -0.198.